The fourth-order valence-corrected chi connectivity index (χ4v) is 4.84. The summed E-state index contributed by atoms with van der Waals surface area (Å²) >= 11 is 6.40. The van der Waals surface area contributed by atoms with E-state index < -0.39 is 17.3 Å². The van der Waals surface area contributed by atoms with E-state index in [0.717, 1.165) is 0 Å². The maximum atomic E-state index is 14.8. The molecule has 2 N–H and O–H groups in total. The number of likely N-dealkylation sites (tertiary alicyclic amines) is 1. The normalized spacial score (nSPS) is 21.9. The third kappa shape index (κ3) is 4.34. The molecule has 9 nitrogen and oxygen atoms in total. The van der Waals surface area contributed by atoms with Crippen LogP contribution < -0.4 is 5.32 Å². The van der Waals surface area contributed by atoms with Gasteiger partial charge in [0.05, 0.1) is 59.5 Å². The Bertz CT molecular complexity index is 1280. The zero-order chi connectivity index (χ0) is 24.9. The van der Waals surface area contributed by atoms with Crippen molar-refractivity contribution in [1.82, 2.24) is 24.4 Å². The number of β-amino-alcohol motifs (C(OH)–C–C–N with tert-alkyl or cyclic N) is 1. The van der Waals surface area contributed by atoms with Crippen molar-refractivity contribution in [3.05, 3.63) is 35.5 Å². The molecular weight excluding hydrogens is 475 g/mol. The number of benzene rings is 1. The summed E-state index contributed by atoms with van der Waals surface area (Å²) < 4.78 is 21.9. The van der Waals surface area contributed by atoms with Gasteiger partial charge in [-0.05, 0) is 39.3 Å². The summed E-state index contributed by atoms with van der Waals surface area (Å²) in [6, 6.07) is 2.93. The summed E-state index contributed by atoms with van der Waals surface area (Å²) in [5.41, 5.74) is 1.32. The van der Waals surface area contributed by atoms with Crippen LogP contribution in [0.5, 0.6) is 0 Å². The van der Waals surface area contributed by atoms with E-state index in [9.17, 15) is 14.3 Å². The molecule has 0 unspecified atom stereocenters. The molecule has 2 fully saturated rings. The number of hydrogen-bond acceptors (Lipinski definition) is 7. The number of imidazole rings is 1. The van der Waals surface area contributed by atoms with Gasteiger partial charge in [0.25, 0.3) is 0 Å². The van der Waals surface area contributed by atoms with Crippen molar-refractivity contribution in [1.29, 1.82) is 0 Å². The number of nitrogens with zero attached hydrogens (tertiary/aromatic N) is 5. The Labute approximate surface area is 207 Å². The highest BCUT2D eigenvalue weighted by molar-refractivity contribution is 6.33. The van der Waals surface area contributed by atoms with Crippen LogP contribution in [0.15, 0.2) is 24.7 Å². The van der Waals surface area contributed by atoms with Gasteiger partial charge in [0.15, 0.2) is 5.82 Å². The summed E-state index contributed by atoms with van der Waals surface area (Å²) in [4.78, 5) is 27.4. The third-order valence-electron chi connectivity index (χ3n) is 6.75. The maximum absolute atomic E-state index is 14.8. The predicted molar refractivity (Wildman–Crippen MR) is 130 cm³/mol. The molecule has 0 aliphatic carbocycles. The topological polar surface area (TPSA) is 105 Å². The highest BCUT2D eigenvalue weighted by atomic mass is 35.5. The zero-order valence-electron chi connectivity index (χ0n) is 19.8. The van der Waals surface area contributed by atoms with Gasteiger partial charge < -0.3 is 24.6 Å². The Morgan fingerprint density at radius 3 is 2.77 bits per heavy atom. The van der Waals surface area contributed by atoms with Crippen molar-refractivity contribution < 1.29 is 19.0 Å². The third-order valence-corrected chi connectivity index (χ3v) is 7.02. The van der Waals surface area contributed by atoms with Gasteiger partial charge in [0.2, 0.25) is 11.9 Å². The maximum Gasteiger partial charge on any atom is 0.233 e. The second-order valence-corrected chi connectivity index (χ2v) is 10.3. The lowest BCUT2D eigenvalue weighted by Crippen LogP contribution is -2.59. The van der Waals surface area contributed by atoms with Gasteiger partial charge in [-0.25, -0.2) is 19.3 Å². The molecule has 2 aromatic heterocycles. The van der Waals surface area contributed by atoms with Crippen molar-refractivity contribution in [2.75, 3.05) is 31.6 Å². The summed E-state index contributed by atoms with van der Waals surface area (Å²) in [6.45, 7) is 7.41. The summed E-state index contributed by atoms with van der Waals surface area (Å²) in [6.07, 6.45) is 2.80. The van der Waals surface area contributed by atoms with Gasteiger partial charge in [0.1, 0.15) is 5.52 Å². The van der Waals surface area contributed by atoms with Gasteiger partial charge in [-0.2, -0.15) is 0 Å². The van der Waals surface area contributed by atoms with E-state index in [-0.39, 0.29) is 41.0 Å². The smallest absolute Gasteiger partial charge is 0.233 e. The minimum Gasteiger partial charge on any atom is -0.389 e. The number of amides is 1. The van der Waals surface area contributed by atoms with Crippen LogP contribution in [0.25, 0.3) is 22.3 Å². The Kier molecular flexibility index (Phi) is 6.14. The lowest BCUT2D eigenvalue weighted by Gasteiger charge is -2.43. The van der Waals surface area contributed by atoms with Crippen molar-refractivity contribution in [2.24, 2.45) is 5.41 Å². The molecule has 5 rings (SSSR count). The van der Waals surface area contributed by atoms with E-state index in [4.69, 9.17) is 16.3 Å². The number of carbonyl (C=O) groups is 1. The van der Waals surface area contributed by atoms with Crippen LogP contribution in [0.2, 0.25) is 5.02 Å². The second-order valence-electron chi connectivity index (χ2n) is 9.87. The highest BCUT2D eigenvalue weighted by Crippen LogP contribution is 2.33. The molecule has 2 saturated heterocycles. The predicted octanol–water partition coefficient (Wildman–Crippen LogP) is 3.28. The van der Waals surface area contributed by atoms with E-state index in [0.29, 0.717) is 43.0 Å². The minimum absolute atomic E-state index is 0.00402. The standard InChI is InChI=1S/C24H28ClFN6O3/c1-13(2)32-12-28-21-16(26)6-14(7-18(21)32)20-15(25)8-27-23(30-20)29-17-4-5-31(9-19(17)33)22(34)24(3)10-35-11-24/h6-8,12-13,17,19,33H,4-5,9-11H2,1-3H3,(H,27,29,30)/t17-,19-/m1/s1. The molecule has 0 saturated carbocycles. The number of aromatic nitrogens is 4. The van der Waals surface area contributed by atoms with E-state index in [1.165, 1.54) is 12.3 Å². The molecule has 186 valence electrons. The fourth-order valence-electron chi connectivity index (χ4n) is 4.64. The number of rotatable bonds is 5. The first-order valence-corrected chi connectivity index (χ1v) is 12.0. The van der Waals surface area contributed by atoms with Crippen LogP contribution in [0, 0.1) is 11.2 Å². The number of aliphatic hydroxyl groups is 1. The molecule has 2 aliphatic rings. The lowest BCUT2D eigenvalue weighted by atomic mass is 9.86. The second kappa shape index (κ2) is 9.00. The monoisotopic (exact) mass is 502 g/mol. The SMILES string of the molecule is CC(C)n1cnc2c(F)cc(-c3nc(N[C@@H]4CCN(C(=O)C5(C)COC5)C[C@H]4O)ncc3Cl)cc21. The fraction of sp³-hybridized carbons (Fsp3) is 0.500. The summed E-state index contributed by atoms with van der Waals surface area (Å²) in [5, 5.41) is 14.2. The van der Waals surface area contributed by atoms with Crippen LogP contribution >= 0.6 is 11.6 Å². The summed E-state index contributed by atoms with van der Waals surface area (Å²) in [7, 11) is 0. The van der Waals surface area contributed by atoms with Crippen LogP contribution in [0.4, 0.5) is 10.3 Å². The number of halogens is 2. The van der Waals surface area contributed by atoms with Gasteiger partial charge in [-0.3, -0.25) is 4.79 Å². The van der Waals surface area contributed by atoms with Crippen LogP contribution in [-0.4, -0.2) is 73.9 Å². The van der Waals surface area contributed by atoms with E-state index in [2.05, 4.69) is 20.3 Å². The van der Waals surface area contributed by atoms with Crippen molar-refractivity contribution in [3.8, 4) is 11.3 Å². The van der Waals surface area contributed by atoms with Crippen molar-refractivity contribution >= 4 is 34.5 Å². The quantitative estimate of drug-likeness (QED) is 0.551. The number of hydrogen-bond donors (Lipinski definition) is 2. The number of carbonyl (C=O) groups excluding carboxylic acids is 1. The van der Waals surface area contributed by atoms with Gasteiger partial charge in [-0.15, -0.1) is 0 Å². The number of anilines is 1. The average Bonchev–Trinajstić information content (AvgIpc) is 3.24. The molecule has 0 bridgehead atoms. The first-order valence-electron chi connectivity index (χ1n) is 11.7. The lowest BCUT2D eigenvalue weighted by molar-refractivity contribution is -0.171. The van der Waals surface area contributed by atoms with E-state index in [1.807, 2.05) is 31.4 Å². The van der Waals surface area contributed by atoms with Gasteiger partial charge in [0, 0.05) is 24.7 Å². The zero-order valence-corrected chi connectivity index (χ0v) is 20.6. The Morgan fingerprint density at radius 1 is 1.34 bits per heavy atom. The van der Waals surface area contributed by atoms with Crippen LogP contribution in [-0.2, 0) is 9.53 Å². The van der Waals surface area contributed by atoms with Crippen molar-refractivity contribution in [3.63, 3.8) is 0 Å². The van der Waals surface area contributed by atoms with E-state index >= 15 is 0 Å². The van der Waals surface area contributed by atoms with Crippen LogP contribution in [0.3, 0.4) is 0 Å². The molecule has 1 aromatic carbocycles. The molecule has 3 aromatic rings. The molecule has 1 amide bonds. The van der Waals surface area contributed by atoms with E-state index in [1.54, 1.807) is 11.2 Å². The number of aliphatic hydroxyl groups excluding tert-OH is 1. The molecule has 2 atom stereocenters. The molecule has 2 aliphatic heterocycles. The first kappa shape index (κ1) is 23.9. The molecule has 4 heterocycles. The van der Waals surface area contributed by atoms with Gasteiger partial charge in [-0.1, -0.05) is 11.6 Å². The molecular formula is C24H28ClFN6O3. The number of nitrogens with one attached hydrogen (secondary N) is 1. The number of piperidine rings is 1. The highest BCUT2D eigenvalue weighted by Gasteiger charge is 2.45. The number of ether oxygens (including phenoxy) is 1. The minimum atomic E-state index is -0.797. The average molecular weight is 503 g/mol. The van der Waals surface area contributed by atoms with Crippen LogP contribution in [0.1, 0.15) is 33.2 Å². The molecule has 35 heavy (non-hydrogen) atoms. The van der Waals surface area contributed by atoms with Crippen molar-refractivity contribution in [2.45, 2.75) is 45.4 Å². The largest absolute Gasteiger partial charge is 0.389 e. The molecule has 11 heteroatoms. The Morgan fingerprint density at radius 2 is 2.11 bits per heavy atom. The molecule has 0 radical (unpaired) electrons. The first-order chi connectivity index (χ1) is 16.7. The summed E-state index contributed by atoms with van der Waals surface area (Å²) in [5.74, 6) is -0.186. The number of fused-ring (bicyclic) bond motifs is 1. The Balaban J connectivity index is 1.36. The van der Waals surface area contributed by atoms with Gasteiger partial charge >= 0.3 is 0 Å². The molecule has 0 spiro atoms. The Hall–Kier alpha value is -2.82.